The molecule has 0 aliphatic heterocycles. The quantitative estimate of drug-likeness (QED) is 0.748. The predicted octanol–water partition coefficient (Wildman–Crippen LogP) is 3.15. The van der Waals surface area contributed by atoms with Crippen LogP contribution in [0.2, 0.25) is 0 Å². The van der Waals surface area contributed by atoms with Gasteiger partial charge in [0, 0.05) is 11.4 Å². The third-order valence-electron chi connectivity index (χ3n) is 2.02. The molecule has 0 aliphatic carbocycles. The number of benzene rings is 1. The summed E-state index contributed by atoms with van der Waals surface area (Å²) in [6.07, 6.45) is 2.11. The van der Waals surface area contributed by atoms with E-state index in [-0.39, 0.29) is 0 Å². The van der Waals surface area contributed by atoms with E-state index in [0.29, 0.717) is 0 Å². The molecule has 0 heterocycles. The highest BCUT2D eigenvalue weighted by Crippen LogP contribution is 2.15. The molecular weight excluding hydrogens is 190 g/mol. The van der Waals surface area contributed by atoms with E-state index in [0.717, 1.165) is 19.0 Å². The number of rotatable bonds is 5. The van der Waals surface area contributed by atoms with Crippen molar-refractivity contribution >= 4 is 11.8 Å². The van der Waals surface area contributed by atoms with Gasteiger partial charge in [0.15, 0.2) is 0 Å². The molecule has 0 aromatic heterocycles. The Kier molecular flexibility index (Phi) is 5.05. The highest BCUT2D eigenvalue weighted by atomic mass is 32.2. The molecule has 0 bridgehead atoms. The molecule has 0 atom stereocenters. The Bertz CT molecular complexity index is 271. The molecule has 0 aliphatic rings. The summed E-state index contributed by atoms with van der Waals surface area (Å²) < 4.78 is 0. The normalized spacial score (nSPS) is 10.9. The van der Waals surface area contributed by atoms with E-state index in [1.165, 1.54) is 10.5 Å². The lowest BCUT2D eigenvalue weighted by Crippen LogP contribution is -2.18. The predicted molar refractivity (Wildman–Crippen MR) is 64.8 cm³/mol. The van der Waals surface area contributed by atoms with Gasteiger partial charge in [0.25, 0.3) is 0 Å². The summed E-state index contributed by atoms with van der Waals surface area (Å²) in [5, 5.41) is 3.44. The van der Waals surface area contributed by atoms with Crippen LogP contribution in [0.3, 0.4) is 0 Å². The average molecular weight is 209 g/mol. The molecule has 1 nitrogen and oxygen atoms in total. The Morgan fingerprint density at radius 3 is 2.79 bits per heavy atom. The molecular formula is C12H19NS. The van der Waals surface area contributed by atoms with Gasteiger partial charge in [0.1, 0.15) is 0 Å². The van der Waals surface area contributed by atoms with Gasteiger partial charge in [-0.25, -0.2) is 0 Å². The van der Waals surface area contributed by atoms with E-state index < -0.39 is 0 Å². The van der Waals surface area contributed by atoms with Crippen LogP contribution in [0.4, 0.5) is 0 Å². The zero-order chi connectivity index (χ0) is 10.4. The summed E-state index contributed by atoms with van der Waals surface area (Å²) in [6, 6.07) is 8.69. The molecule has 0 amide bonds. The summed E-state index contributed by atoms with van der Waals surface area (Å²) in [4.78, 5) is 1.34. The van der Waals surface area contributed by atoms with Gasteiger partial charge in [-0.3, -0.25) is 0 Å². The van der Waals surface area contributed by atoms with Crippen LogP contribution in [0.1, 0.15) is 19.4 Å². The van der Waals surface area contributed by atoms with Crippen LogP contribution in [0.25, 0.3) is 0 Å². The van der Waals surface area contributed by atoms with Crippen molar-refractivity contribution in [3.8, 4) is 0 Å². The third-order valence-corrected chi connectivity index (χ3v) is 2.74. The molecule has 0 saturated carbocycles. The van der Waals surface area contributed by atoms with Gasteiger partial charge in [0.05, 0.1) is 0 Å². The molecule has 0 unspecified atom stereocenters. The SMILES string of the molecule is CSc1cccc(CNCC(C)C)c1. The van der Waals surface area contributed by atoms with Crippen LogP contribution in [0.5, 0.6) is 0 Å². The molecule has 1 N–H and O–H groups in total. The minimum Gasteiger partial charge on any atom is -0.312 e. The molecule has 0 fully saturated rings. The van der Waals surface area contributed by atoms with Crippen LogP contribution in [0, 0.1) is 5.92 Å². The first-order valence-corrected chi connectivity index (χ1v) is 6.28. The maximum Gasteiger partial charge on any atom is 0.0206 e. The van der Waals surface area contributed by atoms with E-state index in [1.54, 1.807) is 11.8 Å². The first kappa shape index (κ1) is 11.6. The maximum absolute atomic E-state index is 3.44. The van der Waals surface area contributed by atoms with E-state index in [2.05, 4.69) is 49.7 Å². The maximum atomic E-state index is 3.44. The lowest BCUT2D eigenvalue weighted by molar-refractivity contribution is 0.552. The Labute approximate surface area is 91.3 Å². The highest BCUT2D eigenvalue weighted by Gasteiger charge is 1.96. The van der Waals surface area contributed by atoms with Gasteiger partial charge >= 0.3 is 0 Å². The summed E-state index contributed by atoms with van der Waals surface area (Å²) in [6.45, 7) is 6.52. The van der Waals surface area contributed by atoms with Crippen molar-refractivity contribution in [2.45, 2.75) is 25.3 Å². The van der Waals surface area contributed by atoms with E-state index in [1.807, 2.05) is 0 Å². The van der Waals surface area contributed by atoms with Crippen LogP contribution in [0.15, 0.2) is 29.2 Å². The average Bonchev–Trinajstić information content (AvgIpc) is 2.18. The van der Waals surface area contributed by atoms with E-state index >= 15 is 0 Å². The van der Waals surface area contributed by atoms with Crippen molar-refractivity contribution in [3.05, 3.63) is 29.8 Å². The number of hydrogen-bond donors (Lipinski definition) is 1. The number of nitrogens with one attached hydrogen (secondary N) is 1. The minimum absolute atomic E-state index is 0.721. The molecule has 1 aromatic carbocycles. The molecule has 14 heavy (non-hydrogen) atoms. The summed E-state index contributed by atoms with van der Waals surface area (Å²) in [5.41, 5.74) is 1.37. The van der Waals surface area contributed by atoms with Crippen LogP contribution < -0.4 is 5.32 Å². The molecule has 1 rings (SSSR count). The van der Waals surface area contributed by atoms with Crippen molar-refractivity contribution in [2.75, 3.05) is 12.8 Å². The lowest BCUT2D eigenvalue weighted by Gasteiger charge is -2.08. The highest BCUT2D eigenvalue weighted by molar-refractivity contribution is 7.98. The first-order chi connectivity index (χ1) is 6.72. The lowest BCUT2D eigenvalue weighted by atomic mass is 10.2. The second-order valence-electron chi connectivity index (χ2n) is 3.88. The van der Waals surface area contributed by atoms with Crippen molar-refractivity contribution < 1.29 is 0 Å². The Balaban J connectivity index is 2.42. The van der Waals surface area contributed by atoms with Crippen molar-refractivity contribution in [2.24, 2.45) is 5.92 Å². The third kappa shape index (κ3) is 4.16. The van der Waals surface area contributed by atoms with Crippen molar-refractivity contribution in [1.29, 1.82) is 0 Å². The molecule has 1 aromatic rings. The Hall–Kier alpha value is -0.470. The monoisotopic (exact) mass is 209 g/mol. The van der Waals surface area contributed by atoms with Gasteiger partial charge in [0.2, 0.25) is 0 Å². The minimum atomic E-state index is 0.721. The number of hydrogen-bond acceptors (Lipinski definition) is 2. The zero-order valence-corrected chi connectivity index (χ0v) is 10.0. The number of thioether (sulfide) groups is 1. The fourth-order valence-electron chi connectivity index (χ4n) is 1.29. The molecule has 0 spiro atoms. The van der Waals surface area contributed by atoms with Gasteiger partial charge in [-0.1, -0.05) is 26.0 Å². The van der Waals surface area contributed by atoms with E-state index in [9.17, 15) is 0 Å². The molecule has 78 valence electrons. The van der Waals surface area contributed by atoms with Crippen LogP contribution in [-0.2, 0) is 6.54 Å². The van der Waals surface area contributed by atoms with Gasteiger partial charge in [-0.05, 0) is 36.4 Å². The van der Waals surface area contributed by atoms with Crippen molar-refractivity contribution in [3.63, 3.8) is 0 Å². The molecule has 2 heteroatoms. The second-order valence-corrected chi connectivity index (χ2v) is 4.76. The summed E-state index contributed by atoms with van der Waals surface area (Å²) in [7, 11) is 0. The van der Waals surface area contributed by atoms with Crippen molar-refractivity contribution in [1.82, 2.24) is 5.32 Å². The van der Waals surface area contributed by atoms with Gasteiger partial charge in [-0.15, -0.1) is 11.8 Å². The van der Waals surface area contributed by atoms with Crippen LogP contribution >= 0.6 is 11.8 Å². The Morgan fingerprint density at radius 2 is 2.14 bits per heavy atom. The first-order valence-electron chi connectivity index (χ1n) is 5.06. The largest absolute Gasteiger partial charge is 0.312 e. The van der Waals surface area contributed by atoms with Gasteiger partial charge in [-0.2, -0.15) is 0 Å². The smallest absolute Gasteiger partial charge is 0.0206 e. The summed E-state index contributed by atoms with van der Waals surface area (Å²) in [5.74, 6) is 0.721. The Morgan fingerprint density at radius 1 is 1.36 bits per heavy atom. The fraction of sp³-hybridized carbons (Fsp3) is 0.500. The molecule has 0 saturated heterocycles. The standard InChI is InChI=1S/C12H19NS/c1-10(2)8-13-9-11-5-4-6-12(7-11)14-3/h4-7,10,13H,8-9H2,1-3H3. The second kappa shape index (κ2) is 6.10. The van der Waals surface area contributed by atoms with E-state index in [4.69, 9.17) is 0 Å². The van der Waals surface area contributed by atoms with Gasteiger partial charge < -0.3 is 5.32 Å². The van der Waals surface area contributed by atoms with Crippen LogP contribution in [-0.4, -0.2) is 12.8 Å². The molecule has 0 radical (unpaired) electrons. The summed E-state index contributed by atoms with van der Waals surface area (Å²) >= 11 is 1.79. The topological polar surface area (TPSA) is 12.0 Å². The zero-order valence-electron chi connectivity index (χ0n) is 9.21. The fourth-order valence-corrected chi connectivity index (χ4v) is 1.77.